The lowest BCUT2D eigenvalue weighted by Gasteiger charge is -2.34. The molecule has 1 aromatic carbocycles. The molecular weight excluding hydrogens is 238 g/mol. The van der Waals surface area contributed by atoms with Gasteiger partial charge in [-0.1, -0.05) is 25.0 Å². The first-order chi connectivity index (χ1) is 9.24. The number of aliphatic hydroxyl groups excluding tert-OH is 1. The molecule has 0 bridgehead atoms. The fourth-order valence-corrected chi connectivity index (χ4v) is 3.04. The third-order valence-corrected chi connectivity index (χ3v) is 4.10. The van der Waals surface area contributed by atoms with Gasteiger partial charge in [-0.15, -0.1) is 0 Å². The first-order valence-electron chi connectivity index (χ1n) is 7.06. The van der Waals surface area contributed by atoms with Crippen molar-refractivity contribution in [3.8, 4) is 0 Å². The van der Waals surface area contributed by atoms with Crippen LogP contribution < -0.4 is 0 Å². The number of H-pyrrole nitrogens is 1. The van der Waals surface area contributed by atoms with Crippen LogP contribution in [0.3, 0.4) is 0 Å². The zero-order chi connectivity index (χ0) is 13.2. The molecule has 1 fully saturated rings. The largest absolute Gasteiger partial charge is 0.391 e. The van der Waals surface area contributed by atoms with Crippen molar-refractivity contribution < 1.29 is 5.11 Å². The van der Waals surface area contributed by atoms with Crippen LogP contribution in [0.5, 0.6) is 0 Å². The molecule has 0 radical (unpaired) electrons. The second kappa shape index (κ2) is 5.31. The van der Waals surface area contributed by atoms with Gasteiger partial charge in [-0.3, -0.25) is 4.90 Å². The van der Waals surface area contributed by atoms with Gasteiger partial charge in [-0.05, 0) is 32.0 Å². The zero-order valence-corrected chi connectivity index (χ0v) is 11.3. The van der Waals surface area contributed by atoms with Crippen LogP contribution in [0.15, 0.2) is 24.3 Å². The van der Waals surface area contributed by atoms with E-state index in [4.69, 9.17) is 0 Å². The van der Waals surface area contributed by atoms with E-state index in [9.17, 15) is 5.11 Å². The summed E-state index contributed by atoms with van der Waals surface area (Å²) < 4.78 is 0. The summed E-state index contributed by atoms with van der Waals surface area (Å²) in [5, 5.41) is 10.1. The predicted octanol–water partition coefficient (Wildman–Crippen LogP) is 2.30. The summed E-state index contributed by atoms with van der Waals surface area (Å²) in [5.41, 5.74) is 2.09. The Morgan fingerprint density at radius 3 is 2.89 bits per heavy atom. The molecule has 2 unspecified atom stereocenters. The van der Waals surface area contributed by atoms with Crippen LogP contribution >= 0.6 is 0 Å². The molecule has 3 rings (SSSR count). The van der Waals surface area contributed by atoms with Crippen LogP contribution in [-0.2, 0) is 6.54 Å². The molecule has 4 heteroatoms. The number of nitrogens with zero attached hydrogens (tertiary/aromatic N) is 2. The maximum atomic E-state index is 10.1. The molecule has 0 spiro atoms. The number of hydrogen-bond acceptors (Lipinski definition) is 3. The maximum Gasteiger partial charge on any atom is 0.121 e. The maximum absolute atomic E-state index is 10.1. The minimum absolute atomic E-state index is 0.192. The van der Waals surface area contributed by atoms with Gasteiger partial charge in [0.1, 0.15) is 5.82 Å². The molecule has 1 aliphatic carbocycles. The van der Waals surface area contributed by atoms with Crippen LogP contribution in [0.4, 0.5) is 0 Å². The van der Waals surface area contributed by atoms with Crippen molar-refractivity contribution in [2.45, 2.75) is 44.4 Å². The van der Waals surface area contributed by atoms with Crippen LogP contribution in [0, 0.1) is 0 Å². The highest BCUT2D eigenvalue weighted by Crippen LogP contribution is 2.23. The number of aliphatic hydroxyl groups is 1. The number of aromatic nitrogens is 2. The monoisotopic (exact) mass is 259 g/mol. The van der Waals surface area contributed by atoms with Gasteiger partial charge in [0.15, 0.2) is 0 Å². The number of nitrogens with one attached hydrogen (secondary N) is 1. The molecule has 0 amide bonds. The van der Waals surface area contributed by atoms with Gasteiger partial charge in [0.25, 0.3) is 0 Å². The van der Waals surface area contributed by atoms with Gasteiger partial charge in [-0.25, -0.2) is 4.98 Å². The number of aromatic amines is 1. The second-order valence-electron chi connectivity index (χ2n) is 5.53. The summed E-state index contributed by atoms with van der Waals surface area (Å²) >= 11 is 0. The van der Waals surface area contributed by atoms with E-state index in [1.165, 1.54) is 6.42 Å². The Kier molecular flexibility index (Phi) is 3.53. The molecular formula is C15H21N3O. The predicted molar refractivity (Wildman–Crippen MR) is 75.8 cm³/mol. The molecule has 0 aliphatic heterocycles. The number of hydrogen-bond donors (Lipinski definition) is 2. The Balaban J connectivity index is 1.73. The number of rotatable bonds is 3. The van der Waals surface area contributed by atoms with E-state index in [0.717, 1.165) is 42.7 Å². The lowest BCUT2D eigenvalue weighted by molar-refractivity contribution is 0.0279. The van der Waals surface area contributed by atoms with Gasteiger partial charge in [0.05, 0.1) is 23.7 Å². The Hall–Kier alpha value is -1.39. The lowest BCUT2D eigenvalue weighted by atomic mass is 9.91. The summed E-state index contributed by atoms with van der Waals surface area (Å²) in [6, 6.07) is 8.34. The summed E-state index contributed by atoms with van der Waals surface area (Å²) in [4.78, 5) is 10.2. The Bertz CT molecular complexity index is 518. The summed E-state index contributed by atoms with van der Waals surface area (Å²) in [5.74, 6) is 0.974. The fourth-order valence-electron chi connectivity index (χ4n) is 3.04. The van der Waals surface area contributed by atoms with E-state index in [0.29, 0.717) is 0 Å². The molecule has 1 heterocycles. The van der Waals surface area contributed by atoms with Gasteiger partial charge in [0.2, 0.25) is 0 Å². The molecule has 1 aliphatic rings. The quantitative estimate of drug-likeness (QED) is 0.889. The summed E-state index contributed by atoms with van der Waals surface area (Å²) in [6.45, 7) is 0.760. The van der Waals surface area contributed by atoms with Crippen molar-refractivity contribution in [1.82, 2.24) is 14.9 Å². The molecule has 2 aromatic rings. The molecule has 2 N–H and O–H groups in total. The normalized spacial score (nSPS) is 24.2. The van der Waals surface area contributed by atoms with Crippen LogP contribution in [0.25, 0.3) is 11.0 Å². The highest BCUT2D eigenvalue weighted by atomic mass is 16.3. The minimum Gasteiger partial charge on any atom is -0.391 e. The van der Waals surface area contributed by atoms with Crippen molar-refractivity contribution in [2.75, 3.05) is 7.05 Å². The van der Waals surface area contributed by atoms with Gasteiger partial charge >= 0.3 is 0 Å². The van der Waals surface area contributed by atoms with Crippen molar-refractivity contribution >= 4 is 11.0 Å². The van der Waals surface area contributed by atoms with Crippen molar-refractivity contribution in [2.24, 2.45) is 0 Å². The topological polar surface area (TPSA) is 52.2 Å². The average Bonchev–Trinajstić information content (AvgIpc) is 2.81. The SMILES string of the molecule is CN(Cc1nc2ccccc2[nH]1)C1CCCCC1O. The number of imidazole rings is 1. The molecule has 0 saturated heterocycles. The number of likely N-dealkylation sites (N-methyl/N-ethyl adjacent to an activating group) is 1. The van der Waals surface area contributed by atoms with Crippen molar-refractivity contribution in [3.63, 3.8) is 0 Å². The number of fused-ring (bicyclic) bond motifs is 1. The van der Waals surface area contributed by atoms with Crippen molar-refractivity contribution in [3.05, 3.63) is 30.1 Å². The molecule has 102 valence electrons. The lowest BCUT2D eigenvalue weighted by Crippen LogP contribution is -2.43. The fraction of sp³-hybridized carbons (Fsp3) is 0.533. The zero-order valence-electron chi connectivity index (χ0n) is 11.3. The third-order valence-electron chi connectivity index (χ3n) is 4.10. The minimum atomic E-state index is -0.192. The van der Waals surface area contributed by atoms with E-state index >= 15 is 0 Å². The van der Waals surface area contributed by atoms with E-state index in [1.807, 2.05) is 24.3 Å². The first kappa shape index (κ1) is 12.6. The van der Waals surface area contributed by atoms with E-state index in [1.54, 1.807) is 0 Å². The highest BCUT2D eigenvalue weighted by molar-refractivity contribution is 5.74. The average molecular weight is 259 g/mol. The summed E-state index contributed by atoms with van der Waals surface area (Å²) in [7, 11) is 2.08. The van der Waals surface area contributed by atoms with Crippen LogP contribution in [0.1, 0.15) is 31.5 Å². The standard InChI is InChI=1S/C15H21N3O/c1-18(13-8-4-5-9-14(13)19)10-15-16-11-6-2-3-7-12(11)17-15/h2-3,6-7,13-14,19H,4-5,8-10H2,1H3,(H,16,17). The highest BCUT2D eigenvalue weighted by Gasteiger charge is 2.26. The Labute approximate surface area is 113 Å². The van der Waals surface area contributed by atoms with E-state index < -0.39 is 0 Å². The second-order valence-corrected chi connectivity index (χ2v) is 5.53. The van der Waals surface area contributed by atoms with Crippen molar-refractivity contribution in [1.29, 1.82) is 0 Å². The van der Waals surface area contributed by atoms with Gasteiger partial charge in [-0.2, -0.15) is 0 Å². The molecule has 4 nitrogen and oxygen atoms in total. The number of para-hydroxylation sites is 2. The van der Waals surface area contributed by atoms with Crippen LogP contribution in [0.2, 0.25) is 0 Å². The molecule has 1 saturated carbocycles. The van der Waals surface area contributed by atoms with E-state index in [2.05, 4.69) is 21.9 Å². The summed E-state index contributed by atoms with van der Waals surface area (Å²) in [6.07, 6.45) is 4.18. The van der Waals surface area contributed by atoms with E-state index in [-0.39, 0.29) is 12.1 Å². The van der Waals surface area contributed by atoms with Crippen LogP contribution in [-0.4, -0.2) is 39.2 Å². The Morgan fingerprint density at radius 2 is 2.11 bits per heavy atom. The third kappa shape index (κ3) is 2.65. The number of benzene rings is 1. The first-order valence-corrected chi connectivity index (χ1v) is 7.06. The molecule has 1 aromatic heterocycles. The van der Waals surface area contributed by atoms with Gasteiger partial charge < -0.3 is 10.1 Å². The van der Waals surface area contributed by atoms with Gasteiger partial charge in [0, 0.05) is 6.04 Å². The molecule has 2 atom stereocenters. The Morgan fingerprint density at radius 1 is 1.32 bits per heavy atom. The molecule has 19 heavy (non-hydrogen) atoms. The smallest absolute Gasteiger partial charge is 0.121 e.